The summed E-state index contributed by atoms with van der Waals surface area (Å²) in [7, 11) is 0. The molecule has 2 aromatic heterocycles. The zero-order valence-electron chi connectivity index (χ0n) is 41.2. The predicted molar refractivity (Wildman–Crippen MR) is 257 cm³/mol. The topological polar surface area (TPSA) is 33.5 Å². The van der Waals surface area contributed by atoms with Crippen molar-refractivity contribution in [3.05, 3.63) is 179 Å². The minimum Gasteiger partial charge on any atom is -0.489 e. The lowest BCUT2D eigenvalue weighted by atomic mass is 9.84. The summed E-state index contributed by atoms with van der Waals surface area (Å²) in [6.07, 6.45) is 4.42. The summed E-state index contributed by atoms with van der Waals surface area (Å²) >= 11 is 0. The molecule has 0 fully saturated rings. The van der Waals surface area contributed by atoms with Crippen molar-refractivity contribution in [2.45, 2.75) is 79.2 Å². The van der Waals surface area contributed by atoms with Crippen LogP contribution < -0.4 is 14.5 Å². The van der Waals surface area contributed by atoms with Crippen molar-refractivity contribution in [3.63, 3.8) is 0 Å². The van der Waals surface area contributed by atoms with Gasteiger partial charge in [-0.25, -0.2) is 4.98 Å². The molecule has 1 aliphatic heterocycles. The maximum absolute atomic E-state index is 8.92. The summed E-state index contributed by atoms with van der Waals surface area (Å²) in [5.41, 5.74) is 12.3. The first-order valence-corrected chi connectivity index (χ1v) is 21.8. The number of benzene rings is 6. The Morgan fingerprint density at radius 1 is 0.705 bits per heavy atom. The third-order valence-corrected chi connectivity index (χ3v) is 12.0. The molecule has 0 spiro atoms. The van der Waals surface area contributed by atoms with Crippen LogP contribution in [0.1, 0.15) is 94.5 Å². The molecule has 3 heterocycles. The Kier molecular flexibility index (Phi) is 9.77. The second-order valence-corrected chi connectivity index (χ2v) is 17.5. The van der Waals surface area contributed by atoms with Gasteiger partial charge in [-0.3, -0.25) is 4.57 Å². The van der Waals surface area contributed by atoms with E-state index in [1.165, 1.54) is 10.9 Å². The normalized spacial score (nSPS) is 13.9. The SMILES string of the molecule is [2H]c1c([2H])c([2H])c(-c2cc(C(C)C)cc(C(C)C)c2CCCN2CN(c3cccc(COc4ccc5c6ccccc6n(-c6cc(CC(C)C)ccn6)c5c4)c3)c3ccccc32)c([2H])c1[2H]. The van der Waals surface area contributed by atoms with E-state index in [9.17, 15) is 0 Å². The van der Waals surface area contributed by atoms with Crippen molar-refractivity contribution in [2.24, 2.45) is 5.92 Å². The lowest BCUT2D eigenvalue weighted by molar-refractivity contribution is 0.306. The Hall–Kier alpha value is -6.33. The molecule has 0 atom stereocenters. The minimum absolute atomic E-state index is 0.157. The standard InChI is InChI=1S/C56H58N4O/c1-38(2)30-41-27-28-57-56(32-41)60-52-22-11-10-20-48(52)49-26-25-46(35-55(49)60)61-36-42-16-14-19-45(31-42)59-37-58(53-23-12-13-24-54(53)59)29-15-21-47-50(40(5)6)33-44(39(3)4)34-51(47)43-17-8-7-9-18-43/h7-14,16-20,22-28,31-35,38-40H,15,21,29-30,36-37H2,1-6H3/i7D,8D,9D,17D,18D. The van der Waals surface area contributed by atoms with Crippen molar-refractivity contribution < 1.29 is 11.6 Å². The van der Waals surface area contributed by atoms with E-state index in [1.807, 2.05) is 6.20 Å². The van der Waals surface area contributed by atoms with E-state index in [0.717, 1.165) is 92.3 Å². The molecule has 8 aromatic rings. The van der Waals surface area contributed by atoms with Gasteiger partial charge in [0.05, 0.1) is 35.9 Å². The average molecular weight is 808 g/mol. The molecular formula is C56H58N4O. The van der Waals surface area contributed by atoms with Crippen LogP contribution in [0.25, 0.3) is 38.8 Å². The van der Waals surface area contributed by atoms with Crippen LogP contribution in [-0.2, 0) is 19.4 Å². The van der Waals surface area contributed by atoms with Gasteiger partial charge < -0.3 is 14.5 Å². The van der Waals surface area contributed by atoms with Gasteiger partial charge in [0.15, 0.2) is 0 Å². The Morgan fingerprint density at radius 3 is 2.30 bits per heavy atom. The van der Waals surface area contributed by atoms with Gasteiger partial charge in [0, 0.05) is 35.3 Å². The first-order chi connectivity index (χ1) is 31.8. The minimum atomic E-state index is -0.371. The maximum Gasteiger partial charge on any atom is 0.137 e. The molecule has 0 aliphatic carbocycles. The van der Waals surface area contributed by atoms with Crippen molar-refractivity contribution in [1.29, 1.82) is 0 Å². The summed E-state index contributed by atoms with van der Waals surface area (Å²) in [6, 6.07) is 39.4. The van der Waals surface area contributed by atoms with Crippen LogP contribution in [0.5, 0.6) is 5.75 Å². The van der Waals surface area contributed by atoms with Crippen LogP contribution >= 0.6 is 0 Å². The molecule has 0 bridgehead atoms. The van der Waals surface area contributed by atoms with Crippen LogP contribution in [0, 0.1) is 5.92 Å². The van der Waals surface area contributed by atoms with Gasteiger partial charge in [0.2, 0.25) is 0 Å². The molecule has 0 saturated carbocycles. The lowest BCUT2D eigenvalue weighted by Gasteiger charge is -2.24. The number of pyridine rings is 1. The summed E-state index contributed by atoms with van der Waals surface area (Å²) < 4.78 is 51.9. The van der Waals surface area contributed by atoms with Crippen molar-refractivity contribution in [2.75, 3.05) is 23.0 Å². The first-order valence-electron chi connectivity index (χ1n) is 24.3. The lowest BCUT2D eigenvalue weighted by Crippen LogP contribution is -2.29. The number of ether oxygens (including phenoxy) is 1. The fourth-order valence-electron chi connectivity index (χ4n) is 9.04. The summed E-state index contributed by atoms with van der Waals surface area (Å²) in [5, 5.41) is 2.34. The second-order valence-electron chi connectivity index (χ2n) is 17.5. The molecule has 5 nitrogen and oxygen atoms in total. The highest BCUT2D eigenvalue weighted by Gasteiger charge is 2.27. The first kappa shape index (κ1) is 34.4. The molecule has 5 heteroatoms. The van der Waals surface area contributed by atoms with Crippen LogP contribution in [0.2, 0.25) is 0 Å². The molecule has 0 radical (unpaired) electrons. The zero-order chi connectivity index (χ0) is 46.4. The van der Waals surface area contributed by atoms with E-state index in [0.29, 0.717) is 25.6 Å². The molecule has 0 N–H and O–H groups in total. The van der Waals surface area contributed by atoms with E-state index < -0.39 is 0 Å². The highest BCUT2D eigenvalue weighted by molar-refractivity contribution is 6.09. The third kappa shape index (κ3) is 8.26. The van der Waals surface area contributed by atoms with E-state index in [2.05, 4.69) is 171 Å². The third-order valence-electron chi connectivity index (χ3n) is 12.0. The number of hydrogen-bond donors (Lipinski definition) is 0. The van der Waals surface area contributed by atoms with E-state index in [4.69, 9.17) is 16.6 Å². The highest BCUT2D eigenvalue weighted by Crippen LogP contribution is 2.42. The smallest absolute Gasteiger partial charge is 0.137 e. The molecule has 9 rings (SSSR count). The summed E-state index contributed by atoms with van der Waals surface area (Å²) in [5.74, 6) is 2.64. The Bertz CT molecular complexity index is 3070. The molecule has 0 saturated heterocycles. The molecule has 0 unspecified atom stereocenters. The number of fused-ring (bicyclic) bond motifs is 4. The Balaban J connectivity index is 0.956. The number of anilines is 3. The van der Waals surface area contributed by atoms with Crippen molar-refractivity contribution >= 4 is 38.9 Å². The van der Waals surface area contributed by atoms with E-state index >= 15 is 0 Å². The molecule has 0 amide bonds. The largest absolute Gasteiger partial charge is 0.489 e. The van der Waals surface area contributed by atoms with Gasteiger partial charge in [-0.15, -0.1) is 0 Å². The quantitative estimate of drug-likeness (QED) is 0.110. The Labute approximate surface area is 369 Å². The Morgan fingerprint density at radius 2 is 1.49 bits per heavy atom. The van der Waals surface area contributed by atoms with Crippen LogP contribution in [0.15, 0.2) is 152 Å². The van der Waals surface area contributed by atoms with Gasteiger partial charge in [-0.1, -0.05) is 126 Å². The number of para-hydroxylation sites is 3. The van der Waals surface area contributed by atoms with Crippen LogP contribution in [-0.4, -0.2) is 22.8 Å². The summed E-state index contributed by atoms with van der Waals surface area (Å²) in [6.45, 7) is 15.0. The fraction of sp³-hybridized carbons (Fsp3) is 0.268. The number of nitrogens with zero attached hydrogens (tertiary/aromatic N) is 4. The molecule has 61 heavy (non-hydrogen) atoms. The van der Waals surface area contributed by atoms with Crippen molar-refractivity contribution in [3.8, 4) is 22.7 Å². The molecule has 308 valence electrons. The van der Waals surface area contributed by atoms with Gasteiger partial charge >= 0.3 is 0 Å². The van der Waals surface area contributed by atoms with Crippen LogP contribution in [0.3, 0.4) is 0 Å². The number of aromatic nitrogens is 2. The van der Waals surface area contributed by atoms with E-state index in [1.54, 1.807) is 0 Å². The number of hydrogen-bond acceptors (Lipinski definition) is 4. The van der Waals surface area contributed by atoms with Crippen molar-refractivity contribution in [1.82, 2.24) is 9.55 Å². The highest BCUT2D eigenvalue weighted by atomic mass is 16.5. The van der Waals surface area contributed by atoms with Gasteiger partial charge in [0.25, 0.3) is 0 Å². The zero-order valence-corrected chi connectivity index (χ0v) is 36.2. The molecular weight excluding hydrogens is 745 g/mol. The summed E-state index contributed by atoms with van der Waals surface area (Å²) in [4.78, 5) is 9.62. The molecule has 6 aromatic carbocycles. The monoisotopic (exact) mass is 807 g/mol. The number of rotatable bonds is 14. The van der Waals surface area contributed by atoms with E-state index in [-0.39, 0.29) is 47.6 Å². The van der Waals surface area contributed by atoms with Crippen LogP contribution in [0.4, 0.5) is 17.1 Å². The van der Waals surface area contributed by atoms with Gasteiger partial charge in [-0.05, 0) is 131 Å². The maximum atomic E-state index is 8.92. The average Bonchev–Trinajstić information content (AvgIpc) is 3.85. The second kappa shape index (κ2) is 17.3. The predicted octanol–water partition coefficient (Wildman–Crippen LogP) is 14.4. The molecule has 1 aliphatic rings. The van der Waals surface area contributed by atoms with Gasteiger partial charge in [-0.2, -0.15) is 0 Å². The fourth-order valence-corrected chi connectivity index (χ4v) is 9.04. The van der Waals surface area contributed by atoms with Gasteiger partial charge in [0.1, 0.15) is 18.2 Å².